The van der Waals surface area contributed by atoms with Crippen molar-refractivity contribution in [1.82, 2.24) is 10.6 Å². The van der Waals surface area contributed by atoms with E-state index < -0.39 is 30.3 Å². The highest BCUT2D eigenvalue weighted by molar-refractivity contribution is 7.20. The minimum Gasteiger partial charge on any atom is -0.451 e. The van der Waals surface area contributed by atoms with Crippen molar-refractivity contribution in [3.63, 3.8) is 0 Å². The highest BCUT2D eigenvalue weighted by Gasteiger charge is 2.23. The van der Waals surface area contributed by atoms with Crippen molar-refractivity contribution < 1.29 is 23.5 Å². The molecule has 0 bridgehead atoms. The zero-order valence-corrected chi connectivity index (χ0v) is 15.7. The van der Waals surface area contributed by atoms with E-state index in [1.807, 2.05) is 0 Å². The molecule has 1 heterocycles. The molecular weight excluding hydrogens is 371 g/mol. The lowest BCUT2D eigenvalue weighted by atomic mass is 9.86. The van der Waals surface area contributed by atoms with Crippen molar-refractivity contribution in [2.24, 2.45) is 5.92 Å². The van der Waals surface area contributed by atoms with Crippen LogP contribution in [0.15, 0.2) is 24.3 Å². The molecular formula is C19H21FN2O4S. The number of amides is 3. The summed E-state index contributed by atoms with van der Waals surface area (Å²) in [5.74, 6) is -1.50. The summed E-state index contributed by atoms with van der Waals surface area (Å²) in [6.07, 6.45) is 4.14. The Morgan fingerprint density at radius 3 is 2.78 bits per heavy atom. The summed E-state index contributed by atoms with van der Waals surface area (Å²) in [6, 6.07) is 5.42. The van der Waals surface area contributed by atoms with Crippen LogP contribution in [0.25, 0.3) is 10.1 Å². The average molecular weight is 392 g/mol. The lowest BCUT2D eigenvalue weighted by Gasteiger charge is -2.29. The predicted molar refractivity (Wildman–Crippen MR) is 100 cm³/mol. The number of esters is 1. The molecule has 0 aliphatic heterocycles. The Morgan fingerprint density at radius 1 is 1.26 bits per heavy atom. The van der Waals surface area contributed by atoms with Crippen molar-refractivity contribution >= 4 is 39.3 Å². The minimum atomic E-state index is -0.730. The Kier molecular flexibility index (Phi) is 6.05. The molecule has 6 nitrogen and oxygen atoms in total. The second kappa shape index (κ2) is 8.47. The van der Waals surface area contributed by atoms with Crippen LogP contribution in [0.5, 0.6) is 0 Å². The number of benzene rings is 1. The number of thiophene rings is 1. The normalized spacial score (nSPS) is 19.5. The molecule has 1 aliphatic rings. The number of rotatable bonds is 4. The second-order valence-electron chi connectivity index (χ2n) is 6.73. The zero-order chi connectivity index (χ0) is 19.4. The van der Waals surface area contributed by atoms with E-state index in [0.29, 0.717) is 16.0 Å². The maximum absolute atomic E-state index is 13.7. The van der Waals surface area contributed by atoms with Crippen LogP contribution in [-0.2, 0) is 9.53 Å². The molecule has 1 fully saturated rings. The van der Waals surface area contributed by atoms with Crippen LogP contribution in [0, 0.1) is 11.7 Å². The molecule has 2 atom stereocenters. The highest BCUT2D eigenvalue weighted by Crippen LogP contribution is 2.28. The first-order valence-corrected chi connectivity index (χ1v) is 9.71. The van der Waals surface area contributed by atoms with Crippen molar-refractivity contribution in [3.05, 3.63) is 35.0 Å². The lowest BCUT2D eigenvalue weighted by Crippen LogP contribution is -2.48. The number of nitrogens with one attached hydrogen (secondary N) is 2. The van der Waals surface area contributed by atoms with E-state index in [2.05, 4.69) is 17.6 Å². The molecule has 1 aliphatic carbocycles. The Hall–Kier alpha value is -2.48. The van der Waals surface area contributed by atoms with Crippen molar-refractivity contribution in [2.45, 2.75) is 38.6 Å². The van der Waals surface area contributed by atoms with Gasteiger partial charge < -0.3 is 10.1 Å². The van der Waals surface area contributed by atoms with Crippen LogP contribution >= 0.6 is 11.3 Å². The molecule has 0 unspecified atom stereocenters. The first-order valence-electron chi connectivity index (χ1n) is 8.89. The molecule has 3 rings (SSSR count). The molecule has 3 amide bonds. The summed E-state index contributed by atoms with van der Waals surface area (Å²) in [5.41, 5.74) is 0. The van der Waals surface area contributed by atoms with E-state index in [0.717, 1.165) is 37.0 Å². The van der Waals surface area contributed by atoms with Gasteiger partial charge in [0.05, 0.1) is 0 Å². The number of carbonyl (C=O) groups excluding carboxylic acids is 3. The number of imide groups is 1. The van der Waals surface area contributed by atoms with Gasteiger partial charge in [0.15, 0.2) is 6.61 Å². The van der Waals surface area contributed by atoms with Gasteiger partial charge in [-0.3, -0.25) is 10.1 Å². The van der Waals surface area contributed by atoms with Crippen LogP contribution in [0.2, 0.25) is 0 Å². The first kappa shape index (κ1) is 19.3. The number of hydrogen-bond donors (Lipinski definition) is 2. The maximum atomic E-state index is 13.7. The average Bonchev–Trinajstić information content (AvgIpc) is 3.07. The van der Waals surface area contributed by atoms with E-state index in [1.54, 1.807) is 12.1 Å². The summed E-state index contributed by atoms with van der Waals surface area (Å²) >= 11 is 1.08. The summed E-state index contributed by atoms with van der Waals surface area (Å²) in [5, 5.41) is 5.29. The van der Waals surface area contributed by atoms with Crippen LogP contribution in [0.4, 0.5) is 9.18 Å². The molecule has 2 N–H and O–H groups in total. The molecule has 8 heteroatoms. The number of halogens is 1. The first-order chi connectivity index (χ1) is 12.9. The largest absolute Gasteiger partial charge is 0.451 e. The molecule has 144 valence electrons. The maximum Gasteiger partial charge on any atom is 0.348 e. The van der Waals surface area contributed by atoms with Crippen molar-refractivity contribution in [2.75, 3.05) is 6.61 Å². The molecule has 0 radical (unpaired) electrons. The van der Waals surface area contributed by atoms with Crippen molar-refractivity contribution in [1.29, 1.82) is 0 Å². The molecule has 2 aromatic rings. The van der Waals surface area contributed by atoms with Crippen molar-refractivity contribution in [3.8, 4) is 0 Å². The Balaban J connectivity index is 1.48. The number of fused-ring (bicyclic) bond motifs is 1. The van der Waals surface area contributed by atoms with E-state index in [-0.39, 0.29) is 10.9 Å². The Bertz CT molecular complexity index is 867. The number of carbonyl (C=O) groups is 3. The summed E-state index contributed by atoms with van der Waals surface area (Å²) in [7, 11) is 0. The number of hydrogen-bond acceptors (Lipinski definition) is 5. The van der Waals surface area contributed by atoms with Gasteiger partial charge in [-0.2, -0.15) is 0 Å². The summed E-state index contributed by atoms with van der Waals surface area (Å²) in [6.45, 7) is 1.49. The fourth-order valence-electron chi connectivity index (χ4n) is 3.23. The van der Waals surface area contributed by atoms with Gasteiger partial charge >= 0.3 is 12.0 Å². The van der Waals surface area contributed by atoms with Gasteiger partial charge in [0.25, 0.3) is 5.91 Å². The van der Waals surface area contributed by atoms with E-state index in [1.165, 1.54) is 12.1 Å². The van der Waals surface area contributed by atoms with Gasteiger partial charge in [-0.1, -0.05) is 25.8 Å². The number of urea groups is 1. The Labute approximate surface area is 160 Å². The van der Waals surface area contributed by atoms with Gasteiger partial charge in [0, 0.05) is 16.1 Å². The SMILES string of the molecule is C[C@H]1CCCC[C@H]1NC(=O)NC(=O)COC(=O)c1cc2c(F)cccc2s1. The standard InChI is InChI=1S/C19H21FN2O4S/c1-11-5-2-3-7-14(11)21-19(25)22-17(23)10-26-18(24)16-9-12-13(20)6-4-8-15(12)27-16/h4,6,8-9,11,14H,2-3,5,7,10H2,1H3,(H2,21,22,23,25)/t11-,14+/m0/s1. The summed E-state index contributed by atoms with van der Waals surface area (Å²) < 4.78 is 19.2. The van der Waals surface area contributed by atoms with Crippen LogP contribution in [0.1, 0.15) is 42.3 Å². The van der Waals surface area contributed by atoms with Gasteiger partial charge in [0.2, 0.25) is 0 Å². The second-order valence-corrected chi connectivity index (χ2v) is 7.81. The fraction of sp³-hybridized carbons (Fsp3) is 0.421. The molecule has 0 spiro atoms. The third-order valence-electron chi connectivity index (χ3n) is 4.72. The van der Waals surface area contributed by atoms with Crippen LogP contribution in [-0.4, -0.2) is 30.6 Å². The zero-order valence-electron chi connectivity index (χ0n) is 14.9. The summed E-state index contributed by atoms with van der Waals surface area (Å²) in [4.78, 5) is 36.0. The van der Waals surface area contributed by atoms with Crippen LogP contribution in [0.3, 0.4) is 0 Å². The topological polar surface area (TPSA) is 84.5 Å². The molecule has 1 saturated carbocycles. The van der Waals surface area contributed by atoms with E-state index >= 15 is 0 Å². The Morgan fingerprint density at radius 2 is 2.04 bits per heavy atom. The highest BCUT2D eigenvalue weighted by atomic mass is 32.1. The quantitative estimate of drug-likeness (QED) is 0.779. The smallest absolute Gasteiger partial charge is 0.348 e. The number of ether oxygens (including phenoxy) is 1. The van der Waals surface area contributed by atoms with E-state index in [4.69, 9.17) is 4.74 Å². The predicted octanol–water partition coefficient (Wildman–Crippen LogP) is 3.60. The molecule has 27 heavy (non-hydrogen) atoms. The van der Waals surface area contributed by atoms with E-state index in [9.17, 15) is 18.8 Å². The third kappa shape index (κ3) is 4.82. The third-order valence-corrected chi connectivity index (χ3v) is 5.81. The van der Waals surface area contributed by atoms with Gasteiger partial charge in [-0.05, 0) is 37.0 Å². The molecule has 0 saturated heterocycles. The molecule has 1 aromatic carbocycles. The monoisotopic (exact) mass is 392 g/mol. The van der Waals surface area contributed by atoms with Gasteiger partial charge in [-0.25, -0.2) is 14.0 Å². The minimum absolute atomic E-state index is 0.0440. The van der Waals surface area contributed by atoms with Gasteiger partial charge in [-0.15, -0.1) is 11.3 Å². The molecule has 1 aromatic heterocycles. The van der Waals surface area contributed by atoms with Gasteiger partial charge in [0.1, 0.15) is 10.7 Å². The van der Waals surface area contributed by atoms with Crippen LogP contribution < -0.4 is 10.6 Å². The fourth-order valence-corrected chi connectivity index (χ4v) is 4.19. The lowest BCUT2D eigenvalue weighted by molar-refractivity contribution is -0.123.